The van der Waals surface area contributed by atoms with Crippen LogP contribution in [0.5, 0.6) is 0 Å². The highest BCUT2D eigenvalue weighted by Crippen LogP contribution is 2.31. The zero-order valence-electron chi connectivity index (χ0n) is 16.0. The second-order valence-corrected chi connectivity index (χ2v) is 9.19. The molecule has 29 heavy (non-hydrogen) atoms. The van der Waals surface area contributed by atoms with Gasteiger partial charge in [-0.1, -0.05) is 48.2 Å². The molecule has 0 unspecified atom stereocenters. The van der Waals surface area contributed by atoms with Gasteiger partial charge in [-0.3, -0.25) is 14.5 Å². The predicted molar refractivity (Wildman–Crippen MR) is 114 cm³/mol. The molecule has 1 aliphatic heterocycles. The lowest BCUT2D eigenvalue weighted by Crippen LogP contribution is -2.33. The monoisotopic (exact) mass is 431 g/mol. The third-order valence-electron chi connectivity index (χ3n) is 4.37. The Morgan fingerprint density at radius 2 is 1.79 bits per heavy atom. The fourth-order valence-electron chi connectivity index (χ4n) is 2.83. The summed E-state index contributed by atoms with van der Waals surface area (Å²) in [6.07, 6.45) is -0.0707. The third kappa shape index (κ3) is 4.86. The summed E-state index contributed by atoms with van der Waals surface area (Å²) in [5, 5.41) is 2.17. The maximum atomic E-state index is 12.7. The number of hydrogen-bond donors (Lipinski definition) is 1. The predicted octanol–water partition coefficient (Wildman–Crippen LogP) is 3.03. The number of amidine groups is 1. The van der Waals surface area contributed by atoms with Crippen LogP contribution in [0.2, 0.25) is 0 Å². The Morgan fingerprint density at radius 1 is 1.14 bits per heavy atom. The molecule has 2 aromatic carbocycles. The molecular formula is C20H21N3O4S2. The van der Waals surface area contributed by atoms with E-state index in [1.54, 1.807) is 31.2 Å². The number of carbonyl (C=O) groups excluding carboxylic acids is 2. The smallest absolute Gasteiger partial charge is 0.284 e. The van der Waals surface area contributed by atoms with Gasteiger partial charge in [-0.25, -0.2) is 0 Å². The first-order chi connectivity index (χ1) is 13.8. The fourth-order valence-corrected chi connectivity index (χ4v) is 5.27. The van der Waals surface area contributed by atoms with Crippen LogP contribution >= 0.6 is 11.8 Å². The number of para-hydroxylation sites is 1. The topological polar surface area (TPSA) is 95.9 Å². The largest absolute Gasteiger partial charge is 0.326 e. The van der Waals surface area contributed by atoms with Crippen molar-refractivity contribution in [3.05, 3.63) is 60.2 Å². The highest BCUT2D eigenvalue weighted by Gasteiger charge is 2.39. The summed E-state index contributed by atoms with van der Waals surface area (Å²) in [6, 6.07) is 15.2. The van der Waals surface area contributed by atoms with E-state index in [-0.39, 0.29) is 34.8 Å². The number of nitrogens with one attached hydrogen (secondary N) is 1. The number of hydrogen-bond acceptors (Lipinski definition) is 5. The Labute approximate surface area is 174 Å². The lowest BCUT2D eigenvalue weighted by molar-refractivity contribution is -0.128. The van der Waals surface area contributed by atoms with Crippen molar-refractivity contribution in [3.8, 4) is 0 Å². The van der Waals surface area contributed by atoms with Gasteiger partial charge in [0.15, 0.2) is 5.17 Å². The van der Waals surface area contributed by atoms with Crippen molar-refractivity contribution in [1.29, 1.82) is 0 Å². The number of amides is 2. The molecule has 1 heterocycles. The van der Waals surface area contributed by atoms with Gasteiger partial charge in [0.2, 0.25) is 11.8 Å². The van der Waals surface area contributed by atoms with Crippen LogP contribution in [0.15, 0.2) is 63.9 Å². The Morgan fingerprint density at radius 3 is 2.45 bits per heavy atom. The minimum absolute atomic E-state index is 0.0531. The van der Waals surface area contributed by atoms with Crippen molar-refractivity contribution >= 4 is 44.5 Å². The molecule has 1 aliphatic rings. The highest BCUT2D eigenvalue weighted by atomic mass is 32.2. The summed E-state index contributed by atoms with van der Waals surface area (Å²) in [6.45, 7) is 3.88. The van der Waals surface area contributed by atoms with E-state index >= 15 is 0 Å². The average Bonchev–Trinajstić information content (AvgIpc) is 2.97. The minimum atomic E-state index is -3.94. The number of aryl methyl sites for hydroxylation is 1. The summed E-state index contributed by atoms with van der Waals surface area (Å²) >= 11 is 1.00. The molecule has 0 bridgehead atoms. The van der Waals surface area contributed by atoms with Crippen molar-refractivity contribution < 1.29 is 18.0 Å². The molecule has 2 amide bonds. The SMILES string of the molecule is CCN1C(=O)[C@H](CC(=O)Nc2ccccc2C)SC1=NS(=O)(=O)c1ccccc1. The van der Waals surface area contributed by atoms with Crippen LogP contribution in [-0.2, 0) is 19.6 Å². The van der Waals surface area contributed by atoms with E-state index in [9.17, 15) is 18.0 Å². The van der Waals surface area contributed by atoms with Crippen molar-refractivity contribution in [1.82, 2.24) is 4.90 Å². The molecule has 0 aromatic heterocycles. The van der Waals surface area contributed by atoms with Crippen LogP contribution in [-0.4, -0.2) is 42.1 Å². The first-order valence-corrected chi connectivity index (χ1v) is 11.4. The Hall–Kier alpha value is -2.65. The second kappa shape index (κ2) is 8.79. The van der Waals surface area contributed by atoms with Gasteiger partial charge in [0, 0.05) is 18.7 Å². The molecule has 0 saturated carbocycles. The van der Waals surface area contributed by atoms with Gasteiger partial charge >= 0.3 is 0 Å². The molecule has 7 nitrogen and oxygen atoms in total. The molecule has 1 N–H and O–H groups in total. The number of thioether (sulfide) groups is 1. The van der Waals surface area contributed by atoms with Gasteiger partial charge < -0.3 is 5.32 Å². The normalized spacial score (nSPS) is 18.3. The van der Waals surface area contributed by atoms with Gasteiger partial charge in [0.1, 0.15) is 5.25 Å². The number of sulfonamides is 1. The lowest BCUT2D eigenvalue weighted by atomic mass is 10.2. The maximum absolute atomic E-state index is 12.7. The first kappa shape index (κ1) is 21.1. The van der Waals surface area contributed by atoms with Crippen molar-refractivity contribution in [2.45, 2.75) is 30.4 Å². The Bertz CT molecular complexity index is 1050. The molecule has 3 rings (SSSR count). The van der Waals surface area contributed by atoms with E-state index in [4.69, 9.17) is 0 Å². The molecule has 2 aromatic rings. The molecule has 1 fully saturated rings. The number of rotatable bonds is 6. The van der Waals surface area contributed by atoms with E-state index < -0.39 is 15.3 Å². The van der Waals surface area contributed by atoms with Crippen LogP contribution < -0.4 is 5.32 Å². The summed E-state index contributed by atoms with van der Waals surface area (Å²) < 4.78 is 29.0. The van der Waals surface area contributed by atoms with E-state index in [2.05, 4.69) is 9.71 Å². The van der Waals surface area contributed by atoms with Crippen LogP contribution in [0.3, 0.4) is 0 Å². The van der Waals surface area contributed by atoms with E-state index in [0.29, 0.717) is 5.69 Å². The standard InChI is InChI=1S/C20H21N3O4S2/c1-3-23-19(25)17(13-18(24)21-16-12-8-7-9-14(16)2)28-20(23)22-29(26,27)15-10-5-4-6-11-15/h4-12,17H,3,13H2,1-2H3,(H,21,24)/t17-/m0/s1. The zero-order valence-corrected chi connectivity index (χ0v) is 17.7. The molecule has 152 valence electrons. The zero-order chi connectivity index (χ0) is 21.0. The van der Waals surface area contributed by atoms with Gasteiger partial charge in [-0.05, 0) is 37.6 Å². The summed E-state index contributed by atoms with van der Waals surface area (Å²) in [7, 11) is -3.94. The number of benzene rings is 2. The Balaban J connectivity index is 1.77. The minimum Gasteiger partial charge on any atom is -0.326 e. The van der Waals surface area contributed by atoms with E-state index in [0.717, 1.165) is 17.3 Å². The van der Waals surface area contributed by atoms with Gasteiger partial charge in [-0.15, -0.1) is 4.40 Å². The lowest BCUT2D eigenvalue weighted by Gasteiger charge is -2.13. The van der Waals surface area contributed by atoms with Gasteiger partial charge in [0.05, 0.1) is 4.90 Å². The maximum Gasteiger partial charge on any atom is 0.284 e. The van der Waals surface area contributed by atoms with Crippen LogP contribution in [0.1, 0.15) is 18.9 Å². The molecule has 0 spiro atoms. The molecule has 9 heteroatoms. The van der Waals surface area contributed by atoms with Crippen molar-refractivity contribution in [2.75, 3.05) is 11.9 Å². The van der Waals surface area contributed by atoms with Gasteiger partial charge in [0.25, 0.3) is 10.0 Å². The highest BCUT2D eigenvalue weighted by molar-refractivity contribution is 8.16. The molecular weight excluding hydrogens is 410 g/mol. The van der Waals surface area contributed by atoms with Gasteiger partial charge in [-0.2, -0.15) is 8.42 Å². The van der Waals surface area contributed by atoms with Crippen LogP contribution in [0, 0.1) is 6.92 Å². The molecule has 0 radical (unpaired) electrons. The van der Waals surface area contributed by atoms with E-state index in [1.807, 2.05) is 25.1 Å². The van der Waals surface area contributed by atoms with Crippen LogP contribution in [0.4, 0.5) is 5.69 Å². The number of carbonyl (C=O) groups is 2. The third-order valence-corrected chi connectivity index (χ3v) is 6.94. The van der Waals surface area contributed by atoms with E-state index in [1.165, 1.54) is 17.0 Å². The molecule has 0 aliphatic carbocycles. The molecule has 1 saturated heterocycles. The molecule has 1 atom stereocenters. The second-order valence-electron chi connectivity index (χ2n) is 6.42. The quantitative estimate of drug-likeness (QED) is 0.758. The summed E-state index contributed by atoms with van der Waals surface area (Å²) in [5.74, 6) is -0.632. The number of anilines is 1. The summed E-state index contributed by atoms with van der Waals surface area (Å²) in [4.78, 5) is 26.5. The first-order valence-electron chi connectivity index (χ1n) is 9.05. The van der Waals surface area contributed by atoms with Crippen molar-refractivity contribution in [3.63, 3.8) is 0 Å². The average molecular weight is 432 g/mol. The van der Waals surface area contributed by atoms with Crippen LogP contribution in [0.25, 0.3) is 0 Å². The van der Waals surface area contributed by atoms with Crippen molar-refractivity contribution in [2.24, 2.45) is 4.40 Å². The fraction of sp³-hybridized carbons (Fsp3) is 0.250. The Kier molecular flexibility index (Phi) is 6.39. The number of nitrogens with zero attached hydrogens (tertiary/aromatic N) is 2. The summed E-state index contributed by atoms with van der Waals surface area (Å²) in [5.41, 5.74) is 1.60.